The van der Waals surface area contributed by atoms with Gasteiger partial charge in [0.1, 0.15) is 0 Å². The molecule has 2 aliphatic heterocycles. The van der Waals surface area contributed by atoms with Crippen LogP contribution in [0.5, 0.6) is 0 Å². The van der Waals surface area contributed by atoms with E-state index in [0.717, 1.165) is 37.9 Å². The number of carbonyl (C=O) groups is 2. The Hall–Kier alpha value is -1.89. The van der Waals surface area contributed by atoms with Crippen molar-refractivity contribution >= 4 is 17.8 Å². The Bertz CT molecular complexity index is 668. The fourth-order valence-electron chi connectivity index (χ4n) is 5.56. The molecule has 3 fully saturated rings. The molecule has 4 rings (SSSR count). The molecule has 0 aromatic rings. The summed E-state index contributed by atoms with van der Waals surface area (Å²) in [5.41, 5.74) is 0. The SMILES string of the molecule is CCNC(=NCCCN1C(=O)C2C3C=CC(C3)C2C1=O)NCCN1CCC(C)CC1. The van der Waals surface area contributed by atoms with Crippen LogP contribution < -0.4 is 10.6 Å². The number of fused-ring (bicyclic) bond motifs is 5. The van der Waals surface area contributed by atoms with Gasteiger partial charge in [0.05, 0.1) is 11.8 Å². The second-order valence-corrected chi connectivity index (χ2v) is 9.39. The van der Waals surface area contributed by atoms with Crippen LogP contribution in [0.2, 0.25) is 0 Å². The number of likely N-dealkylation sites (tertiary alicyclic amines) is 2. The zero-order valence-electron chi connectivity index (χ0n) is 18.5. The summed E-state index contributed by atoms with van der Waals surface area (Å²) in [5.74, 6) is 2.16. The Morgan fingerprint density at radius 3 is 2.37 bits per heavy atom. The van der Waals surface area contributed by atoms with Gasteiger partial charge in [-0.3, -0.25) is 19.5 Å². The standard InChI is InChI=1S/C23H37N5O2/c1-3-24-23(26-10-14-27-12-7-16(2)8-13-27)25-9-4-11-28-21(29)19-17-5-6-18(15-17)20(19)22(28)30/h5-6,16-20H,3-4,7-15H2,1-2H3,(H2,24,25,26). The molecule has 2 aliphatic carbocycles. The largest absolute Gasteiger partial charge is 0.357 e. The summed E-state index contributed by atoms with van der Waals surface area (Å²) in [6.07, 6.45) is 8.56. The van der Waals surface area contributed by atoms with Gasteiger partial charge in [0, 0.05) is 32.7 Å². The molecule has 1 saturated carbocycles. The number of imide groups is 1. The highest BCUT2D eigenvalue weighted by molar-refractivity contribution is 6.06. The highest BCUT2D eigenvalue weighted by Gasteiger charge is 2.58. The number of hydrogen-bond acceptors (Lipinski definition) is 4. The van der Waals surface area contributed by atoms with Crippen LogP contribution in [0.1, 0.15) is 39.5 Å². The number of carbonyl (C=O) groups excluding carboxylic acids is 2. The maximum atomic E-state index is 12.7. The second-order valence-electron chi connectivity index (χ2n) is 9.39. The lowest BCUT2D eigenvalue weighted by Gasteiger charge is -2.30. The predicted molar refractivity (Wildman–Crippen MR) is 118 cm³/mol. The van der Waals surface area contributed by atoms with E-state index in [4.69, 9.17) is 0 Å². The molecule has 0 aromatic heterocycles. The van der Waals surface area contributed by atoms with Crippen LogP contribution in [-0.2, 0) is 9.59 Å². The first-order valence-corrected chi connectivity index (χ1v) is 11.9. The number of allylic oxidation sites excluding steroid dienone is 2. The molecule has 4 atom stereocenters. The summed E-state index contributed by atoms with van der Waals surface area (Å²) >= 11 is 0. The molecule has 2 saturated heterocycles. The number of rotatable bonds is 8. The van der Waals surface area contributed by atoms with Crippen molar-refractivity contribution < 1.29 is 9.59 Å². The van der Waals surface area contributed by atoms with Gasteiger partial charge in [-0.05, 0) is 63.5 Å². The van der Waals surface area contributed by atoms with Crippen molar-refractivity contribution in [3.05, 3.63) is 12.2 Å². The van der Waals surface area contributed by atoms with Crippen LogP contribution >= 0.6 is 0 Å². The van der Waals surface area contributed by atoms with E-state index in [-0.39, 0.29) is 35.5 Å². The minimum absolute atomic E-state index is 0.0479. The van der Waals surface area contributed by atoms with E-state index in [9.17, 15) is 9.59 Å². The number of piperidine rings is 1. The normalized spacial score (nSPS) is 31.7. The van der Waals surface area contributed by atoms with Crippen molar-refractivity contribution in [3.8, 4) is 0 Å². The first-order chi connectivity index (χ1) is 14.6. The number of hydrogen-bond donors (Lipinski definition) is 2. The summed E-state index contributed by atoms with van der Waals surface area (Å²) in [6.45, 7) is 10.6. The third-order valence-corrected chi connectivity index (χ3v) is 7.31. The lowest BCUT2D eigenvalue weighted by molar-refractivity contribution is -0.140. The highest BCUT2D eigenvalue weighted by Crippen LogP contribution is 2.52. The predicted octanol–water partition coefficient (Wildman–Crippen LogP) is 1.47. The topological polar surface area (TPSA) is 77.0 Å². The van der Waals surface area contributed by atoms with E-state index >= 15 is 0 Å². The smallest absolute Gasteiger partial charge is 0.233 e. The fourth-order valence-corrected chi connectivity index (χ4v) is 5.56. The van der Waals surface area contributed by atoms with Gasteiger partial charge >= 0.3 is 0 Å². The monoisotopic (exact) mass is 415 g/mol. The third-order valence-electron chi connectivity index (χ3n) is 7.31. The van der Waals surface area contributed by atoms with E-state index in [2.05, 4.69) is 46.5 Å². The average molecular weight is 416 g/mol. The number of aliphatic imine (C=N–C) groups is 1. The van der Waals surface area contributed by atoms with Crippen LogP contribution in [0.4, 0.5) is 0 Å². The third kappa shape index (κ3) is 4.41. The number of guanidine groups is 1. The molecule has 7 nitrogen and oxygen atoms in total. The number of nitrogens with zero attached hydrogens (tertiary/aromatic N) is 3. The van der Waals surface area contributed by atoms with Gasteiger partial charge in [-0.2, -0.15) is 0 Å². The first kappa shape index (κ1) is 21.3. The van der Waals surface area contributed by atoms with Gasteiger partial charge in [0.2, 0.25) is 11.8 Å². The summed E-state index contributed by atoms with van der Waals surface area (Å²) < 4.78 is 0. The summed E-state index contributed by atoms with van der Waals surface area (Å²) in [6, 6.07) is 0. The summed E-state index contributed by atoms with van der Waals surface area (Å²) in [5, 5.41) is 6.71. The average Bonchev–Trinajstić information content (AvgIpc) is 3.42. The van der Waals surface area contributed by atoms with Gasteiger partial charge in [0.15, 0.2) is 5.96 Å². The Labute approximate surface area is 180 Å². The molecular formula is C23H37N5O2. The maximum Gasteiger partial charge on any atom is 0.233 e. The van der Waals surface area contributed by atoms with Crippen LogP contribution in [0.25, 0.3) is 0 Å². The summed E-state index contributed by atoms with van der Waals surface area (Å²) in [7, 11) is 0. The molecule has 30 heavy (non-hydrogen) atoms. The molecule has 7 heteroatoms. The van der Waals surface area contributed by atoms with Crippen molar-refractivity contribution in [2.45, 2.75) is 39.5 Å². The molecule has 4 aliphatic rings. The van der Waals surface area contributed by atoms with E-state index < -0.39 is 0 Å². The quantitative estimate of drug-likeness (QED) is 0.206. The maximum absolute atomic E-state index is 12.7. The molecule has 0 spiro atoms. The summed E-state index contributed by atoms with van der Waals surface area (Å²) in [4.78, 5) is 34.1. The molecular weight excluding hydrogens is 378 g/mol. The minimum Gasteiger partial charge on any atom is -0.357 e. The lowest BCUT2D eigenvalue weighted by atomic mass is 9.85. The minimum atomic E-state index is -0.0900. The molecule has 2 heterocycles. The zero-order valence-corrected chi connectivity index (χ0v) is 18.5. The van der Waals surface area contributed by atoms with Crippen molar-refractivity contribution in [1.29, 1.82) is 0 Å². The van der Waals surface area contributed by atoms with Crippen molar-refractivity contribution in [2.75, 3.05) is 45.8 Å². The van der Waals surface area contributed by atoms with Crippen LogP contribution in [0.3, 0.4) is 0 Å². The van der Waals surface area contributed by atoms with E-state index in [0.29, 0.717) is 19.5 Å². The van der Waals surface area contributed by atoms with E-state index in [1.807, 2.05) is 0 Å². The molecule has 2 bridgehead atoms. The van der Waals surface area contributed by atoms with E-state index in [1.165, 1.54) is 30.8 Å². The van der Waals surface area contributed by atoms with Gasteiger partial charge < -0.3 is 15.5 Å². The second kappa shape index (κ2) is 9.50. The molecule has 4 unspecified atom stereocenters. The Morgan fingerprint density at radius 2 is 1.73 bits per heavy atom. The van der Waals surface area contributed by atoms with E-state index in [1.54, 1.807) is 0 Å². The fraction of sp³-hybridized carbons (Fsp3) is 0.783. The van der Waals surface area contributed by atoms with Crippen LogP contribution in [0, 0.1) is 29.6 Å². The van der Waals surface area contributed by atoms with Crippen molar-refractivity contribution in [3.63, 3.8) is 0 Å². The molecule has 0 radical (unpaired) electrons. The molecule has 166 valence electrons. The highest BCUT2D eigenvalue weighted by atomic mass is 16.2. The Balaban J connectivity index is 1.19. The number of nitrogens with one attached hydrogen (secondary N) is 2. The lowest BCUT2D eigenvalue weighted by Crippen LogP contribution is -2.43. The van der Waals surface area contributed by atoms with Crippen LogP contribution in [-0.4, -0.2) is 73.4 Å². The van der Waals surface area contributed by atoms with Gasteiger partial charge in [-0.25, -0.2) is 0 Å². The molecule has 2 N–H and O–H groups in total. The van der Waals surface area contributed by atoms with Crippen LogP contribution in [0.15, 0.2) is 17.1 Å². The zero-order chi connectivity index (χ0) is 21.1. The Kier molecular flexibility index (Phi) is 6.76. The van der Waals surface area contributed by atoms with Gasteiger partial charge in [-0.15, -0.1) is 0 Å². The first-order valence-electron chi connectivity index (χ1n) is 11.9. The molecule has 0 aromatic carbocycles. The molecule has 2 amide bonds. The number of amides is 2. The van der Waals surface area contributed by atoms with Gasteiger partial charge in [-0.1, -0.05) is 19.1 Å². The van der Waals surface area contributed by atoms with Gasteiger partial charge in [0.25, 0.3) is 0 Å². The van der Waals surface area contributed by atoms with Crippen molar-refractivity contribution in [1.82, 2.24) is 20.4 Å². The van der Waals surface area contributed by atoms with Crippen molar-refractivity contribution in [2.24, 2.45) is 34.6 Å². The Morgan fingerprint density at radius 1 is 1.07 bits per heavy atom.